The number of rotatable bonds is 7. The number of hydrogen-bond acceptors (Lipinski definition) is 4. The van der Waals surface area contributed by atoms with Gasteiger partial charge in [-0.3, -0.25) is 4.79 Å². The van der Waals surface area contributed by atoms with Crippen molar-refractivity contribution < 1.29 is 14.6 Å². The largest absolute Gasteiger partial charge is 0.494 e. The molecule has 122 valence electrons. The molecule has 0 saturated heterocycles. The van der Waals surface area contributed by atoms with Crippen molar-refractivity contribution in [2.45, 2.75) is 17.9 Å². The van der Waals surface area contributed by atoms with Gasteiger partial charge in [0.15, 0.2) is 0 Å². The number of carbonyl (C=O) groups is 1. The first kappa shape index (κ1) is 17.4. The van der Waals surface area contributed by atoms with Crippen molar-refractivity contribution in [1.82, 2.24) is 5.32 Å². The Balaban J connectivity index is 1.89. The third-order valence-corrected chi connectivity index (χ3v) is 4.13. The van der Waals surface area contributed by atoms with Crippen molar-refractivity contribution in [2.75, 3.05) is 19.4 Å². The van der Waals surface area contributed by atoms with Gasteiger partial charge in [-0.25, -0.2) is 0 Å². The molecular weight excluding hydrogens is 310 g/mol. The lowest BCUT2D eigenvalue weighted by atomic mass is 10.1. The van der Waals surface area contributed by atoms with Crippen molar-refractivity contribution in [1.29, 1.82) is 0 Å². The SMILES string of the molecule is CCOc1ccc(C(=O)NCC(O)c2ccc(SC)cc2)cc1. The molecule has 2 rings (SSSR count). The van der Waals surface area contributed by atoms with Crippen LogP contribution in [0.25, 0.3) is 0 Å². The summed E-state index contributed by atoms with van der Waals surface area (Å²) in [6, 6.07) is 14.6. The number of benzene rings is 2. The number of carbonyl (C=O) groups excluding carboxylic acids is 1. The minimum atomic E-state index is -0.724. The van der Waals surface area contributed by atoms with Gasteiger partial charge >= 0.3 is 0 Å². The molecule has 5 heteroatoms. The highest BCUT2D eigenvalue weighted by Crippen LogP contribution is 2.19. The van der Waals surface area contributed by atoms with Crippen LogP contribution in [0.2, 0.25) is 0 Å². The molecule has 1 amide bonds. The van der Waals surface area contributed by atoms with E-state index < -0.39 is 6.10 Å². The normalized spacial score (nSPS) is 11.8. The fraction of sp³-hybridized carbons (Fsp3) is 0.278. The van der Waals surface area contributed by atoms with E-state index in [-0.39, 0.29) is 12.5 Å². The number of ether oxygens (including phenoxy) is 1. The van der Waals surface area contributed by atoms with Crippen LogP contribution in [-0.4, -0.2) is 30.4 Å². The molecule has 0 aliphatic heterocycles. The molecule has 0 bridgehead atoms. The minimum Gasteiger partial charge on any atom is -0.494 e. The maximum Gasteiger partial charge on any atom is 0.251 e. The Bertz CT molecular complexity index is 626. The van der Waals surface area contributed by atoms with Gasteiger partial charge in [-0.05, 0) is 55.1 Å². The van der Waals surface area contributed by atoms with E-state index in [4.69, 9.17) is 4.74 Å². The standard InChI is InChI=1S/C18H21NO3S/c1-3-22-15-8-4-14(5-9-15)18(21)19-12-17(20)13-6-10-16(23-2)11-7-13/h4-11,17,20H,3,12H2,1-2H3,(H,19,21). The van der Waals surface area contributed by atoms with Crippen molar-refractivity contribution in [2.24, 2.45) is 0 Å². The van der Waals surface area contributed by atoms with Crippen LogP contribution in [0.3, 0.4) is 0 Å². The van der Waals surface area contributed by atoms with Gasteiger partial charge in [0.2, 0.25) is 0 Å². The molecule has 1 atom stereocenters. The number of amides is 1. The fourth-order valence-corrected chi connectivity index (χ4v) is 2.51. The summed E-state index contributed by atoms with van der Waals surface area (Å²) in [4.78, 5) is 13.2. The van der Waals surface area contributed by atoms with Crippen molar-refractivity contribution in [3.05, 3.63) is 59.7 Å². The van der Waals surface area contributed by atoms with Crippen molar-refractivity contribution in [3.8, 4) is 5.75 Å². The van der Waals surface area contributed by atoms with E-state index in [0.717, 1.165) is 16.2 Å². The Kier molecular flexibility index (Phi) is 6.50. The number of aliphatic hydroxyl groups excluding tert-OH is 1. The molecule has 0 fully saturated rings. The van der Waals surface area contributed by atoms with E-state index in [0.29, 0.717) is 12.2 Å². The molecule has 23 heavy (non-hydrogen) atoms. The molecule has 0 radical (unpaired) electrons. The van der Waals surface area contributed by atoms with E-state index in [9.17, 15) is 9.90 Å². The highest BCUT2D eigenvalue weighted by molar-refractivity contribution is 7.98. The molecular formula is C18H21NO3S. The Labute approximate surface area is 140 Å². The molecule has 0 spiro atoms. The molecule has 0 heterocycles. The monoisotopic (exact) mass is 331 g/mol. The Morgan fingerprint density at radius 1 is 1.17 bits per heavy atom. The van der Waals surface area contributed by atoms with E-state index in [1.807, 2.05) is 37.4 Å². The van der Waals surface area contributed by atoms with Crippen LogP contribution in [0.15, 0.2) is 53.4 Å². The molecule has 2 aromatic carbocycles. The van der Waals surface area contributed by atoms with E-state index in [1.165, 1.54) is 0 Å². The first-order valence-corrected chi connectivity index (χ1v) is 8.69. The van der Waals surface area contributed by atoms with E-state index in [2.05, 4.69) is 5.32 Å². The van der Waals surface area contributed by atoms with Crippen LogP contribution in [-0.2, 0) is 0 Å². The van der Waals surface area contributed by atoms with Gasteiger partial charge in [-0.15, -0.1) is 11.8 Å². The lowest BCUT2D eigenvalue weighted by Gasteiger charge is -2.13. The molecule has 4 nitrogen and oxygen atoms in total. The topological polar surface area (TPSA) is 58.6 Å². The van der Waals surface area contributed by atoms with Crippen LogP contribution in [0.1, 0.15) is 28.9 Å². The number of aliphatic hydroxyl groups is 1. The van der Waals surface area contributed by atoms with Gasteiger partial charge in [-0.2, -0.15) is 0 Å². The third kappa shape index (κ3) is 5.01. The minimum absolute atomic E-state index is 0.171. The Morgan fingerprint density at radius 3 is 2.39 bits per heavy atom. The molecule has 0 aliphatic rings. The summed E-state index contributed by atoms with van der Waals surface area (Å²) in [5, 5.41) is 12.9. The highest BCUT2D eigenvalue weighted by atomic mass is 32.2. The lowest BCUT2D eigenvalue weighted by Crippen LogP contribution is -2.28. The molecule has 2 N–H and O–H groups in total. The van der Waals surface area contributed by atoms with Gasteiger partial charge in [0.25, 0.3) is 5.91 Å². The van der Waals surface area contributed by atoms with Crippen LogP contribution >= 0.6 is 11.8 Å². The van der Waals surface area contributed by atoms with Gasteiger partial charge < -0.3 is 15.2 Å². The average Bonchev–Trinajstić information content (AvgIpc) is 2.60. The zero-order valence-corrected chi connectivity index (χ0v) is 14.1. The molecule has 0 aliphatic carbocycles. The lowest BCUT2D eigenvalue weighted by molar-refractivity contribution is 0.0916. The first-order valence-electron chi connectivity index (χ1n) is 7.47. The Hall–Kier alpha value is -1.98. The summed E-state index contributed by atoms with van der Waals surface area (Å²) < 4.78 is 5.34. The van der Waals surface area contributed by atoms with E-state index in [1.54, 1.807) is 36.0 Å². The van der Waals surface area contributed by atoms with Gasteiger partial charge in [0.05, 0.1) is 12.7 Å². The van der Waals surface area contributed by atoms with Crippen LogP contribution in [0, 0.1) is 0 Å². The quantitative estimate of drug-likeness (QED) is 0.765. The predicted molar refractivity (Wildman–Crippen MR) is 93.1 cm³/mol. The van der Waals surface area contributed by atoms with Gasteiger partial charge in [0.1, 0.15) is 5.75 Å². The number of hydrogen-bond donors (Lipinski definition) is 2. The van der Waals surface area contributed by atoms with E-state index >= 15 is 0 Å². The molecule has 0 saturated carbocycles. The maximum atomic E-state index is 12.1. The second kappa shape index (κ2) is 8.60. The van der Waals surface area contributed by atoms with Gasteiger partial charge in [0, 0.05) is 17.0 Å². The number of nitrogens with one attached hydrogen (secondary N) is 1. The zero-order chi connectivity index (χ0) is 16.7. The molecule has 1 unspecified atom stereocenters. The zero-order valence-electron chi connectivity index (χ0n) is 13.3. The summed E-state index contributed by atoms with van der Waals surface area (Å²) in [6.07, 6.45) is 1.28. The average molecular weight is 331 g/mol. The first-order chi connectivity index (χ1) is 11.1. The summed E-state index contributed by atoms with van der Waals surface area (Å²) in [5.74, 6) is 0.519. The third-order valence-electron chi connectivity index (χ3n) is 3.38. The van der Waals surface area contributed by atoms with Crippen LogP contribution < -0.4 is 10.1 Å². The van der Waals surface area contributed by atoms with Gasteiger partial charge in [-0.1, -0.05) is 12.1 Å². The maximum absolute atomic E-state index is 12.1. The second-order valence-electron chi connectivity index (χ2n) is 4.96. The van der Waals surface area contributed by atoms with Crippen molar-refractivity contribution in [3.63, 3.8) is 0 Å². The highest BCUT2D eigenvalue weighted by Gasteiger charge is 2.11. The summed E-state index contributed by atoms with van der Waals surface area (Å²) in [7, 11) is 0. The summed E-state index contributed by atoms with van der Waals surface area (Å²) in [6.45, 7) is 2.67. The Morgan fingerprint density at radius 2 is 1.83 bits per heavy atom. The summed E-state index contributed by atoms with van der Waals surface area (Å²) >= 11 is 1.65. The fourth-order valence-electron chi connectivity index (χ4n) is 2.10. The molecule has 0 aromatic heterocycles. The molecule has 2 aromatic rings. The second-order valence-corrected chi connectivity index (χ2v) is 5.84. The van der Waals surface area contributed by atoms with Crippen LogP contribution in [0.4, 0.5) is 0 Å². The summed E-state index contributed by atoms with van der Waals surface area (Å²) in [5.41, 5.74) is 1.33. The number of thioether (sulfide) groups is 1. The predicted octanol–water partition coefficient (Wildman–Crippen LogP) is 3.27. The van der Waals surface area contributed by atoms with Crippen molar-refractivity contribution >= 4 is 17.7 Å². The smallest absolute Gasteiger partial charge is 0.251 e. The van der Waals surface area contributed by atoms with Crippen LogP contribution in [0.5, 0.6) is 5.75 Å².